The minimum absolute atomic E-state index is 0.000648. The van der Waals surface area contributed by atoms with Gasteiger partial charge in [-0.3, -0.25) is 9.59 Å². The van der Waals surface area contributed by atoms with Gasteiger partial charge in [-0.25, -0.2) is 0 Å². The molecule has 0 amide bonds. The molecule has 1 aliphatic rings. The maximum absolute atomic E-state index is 11.5. The third-order valence-corrected chi connectivity index (χ3v) is 8.95. The van der Waals surface area contributed by atoms with Crippen LogP contribution in [0.15, 0.2) is 8.42 Å². The van der Waals surface area contributed by atoms with E-state index in [0.29, 0.717) is 0 Å². The highest BCUT2D eigenvalue weighted by Gasteiger charge is 2.35. The van der Waals surface area contributed by atoms with E-state index < -0.39 is 0 Å². The van der Waals surface area contributed by atoms with Gasteiger partial charge >= 0.3 is 11.9 Å². The number of carbonyl (C=O) groups excluding carboxylic acids is 2. The van der Waals surface area contributed by atoms with Crippen molar-refractivity contribution in [1.82, 2.24) is 0 Å². The number of methoxy groups -OCH3 is 2. The van der Waals surface area contributed by atoms with Crippen LogP contribution in [0.1, 0.15) is 12.8 Å². The standard InChI is InChI=1S/C11H12O4S5/c1-14-7(12)3-5-6(4-8(13)15-2)18-10-9(17-5)19-11(16)20-10/h5-6H,3-4H2,1-2H3/t5-,6-/m1/s1. The van der Waals surface area contributed by atoms with E-state index in [9.17, 15) is 9.59 Å². The predicted octanol–water partition coefficient (Wildman–Crippen LogP) is 3.60. The van der Waals surface area contributed by atoms with Gasteiger partial charge in [0.25, 0.3) is 0 Å². The molecule has 2 atom stereocenters. The summed E-state index contributed by atoms with van der Waals surface area (Å²) in [5.41, 5.74) is 0. The number of esters is 2. The van der Waals surface area contributed by atoms with Crippen LogP contribution in [-0.2, 0) is 19.1 Å². The van der Waals surface area contributed by atoms with Crippen LogP contribution in [0.4, 0.5) is 0 Å². The Morgan fingerprint density at radius 2 is 1.40 bits per heavy atom. The molecule has 1 aromatic heterocycles. The summed E-state index contributed by atoms with van der Waals surface area (Å²) in [6.07, 6.45) is 0.565. The highest BCUT2D eigenvalue weighted by atomic mass is 32.2. The van der Waals surface area contributed by atoms with E-state index in [0.717, 1.165) is 11.6 Å². The van der Waals surface area contributed by atoms with Crippen LogP contribution in [0, 0.1) is 3.14 Å². The zero-order valence-corrected chi connectivity index (χ0v) is 14.8. The molecule has 0 unspecified atom stereocenters. The molecule has 0 saturated heterocycles. The molecular formula is C11H12O4S5. The molecule has 2 rings (SSSR count). The van der Waals surface area contributed by atoms with Crippen LogP contribution in [0.3, 0.4) is 0 Å². The SMILES string of the molecule is COC(=O)C[C@H]1Sc2sc(=S)sc2S[C@@H]1CC(=O)OC. The van der Waals surface area contributed by atoms with Crippen molar-refractivity contribution >= 4 is 70.4 Å². The first-order valence-corrected chi connectivity index (χ1v) is 9.44. The molecule has 0 bridgehead atoms. The Morgan fingerprint density at radius 3 is 1.75 bits per heavy atom. The lowest BCUT2D eigenvalue weighted by molar-refractivity contribution is -0.142. The Morgan fingerprint density at radius 1 is 1.00 bits per heavy atom. The van der Waals surface area contributed by atoms with Gasteiger partial charge in [-0.05, 0) is 0 Å². The summed E-state index contributed by atoms with van der Waals surface area (Å²) < 4.78 is 12.6. The monoisotopic (exact) mass is 368 g/mol. The van der Waals surface area contributed by atoms with Crippen molar-refractivity contribution < 1.29 is 19.1 Å². The normalized spacial score (nSPS) is 21.1. The molecule has 0 aromatic carbocycles. The first-order valence-electron chi connectivity index (χ1n) is 5.64. The number of fused-ring (bicyclic) bond motifs is 1. The first kappa shape index (κ1) is 16.3. The maximum Gasteiger partial charge on any atom is 0.306 e. The summed E-state index contributed by atoms with van der Waals surface area (Å²) in [6.45, 7) is 0. The second kappa shape index (κ2) is 7.26. The number of ether oxygens (including phenoxy) is 2. The van der Waals surface area contributed by atoms with Gasteiger partial charge in [0.2, 0.25) is 0 Å². The van der Waals surface area contributed by atoms with E-state index >= 15 is 0 Å². The zero-order valence-electron chi connectivity index (χ0n) is 10.7. The van der Waals surface area contributed by atoms with E-state index in [-0.39, 0.29) is 35.3 Å². The predicted molar refractivity (Wildman–Crippen MR) is 85.6 cm³/mol. The highest BCUT2D eigenvalue weighted by molar-refractivity contribution is 8.09. The van der Waals surface area contributed by atoms with Gasteiger partial charge in [0.05, 0.1) is 35.5 Å². The lowest BCUT2D eigenvalue weighted by Crippen LogP contribution is -2.28. The van der Waals surface area contributed by atoms with Crippen molar-refractivity contribution in [1.29, 1.82) is 0 Å². The molecule has 4 nitrogen and oxygen atoms in total. The molecule has 0 spiro atoms. The minimum Gasteiger partial charge on any atom is -0.469 e. The van der Waals surface area contributed by atoms with Crippen molar-refractivity contribution in [2.75, 3.05) is 14.2 Å². The third kappa shape index (κ3) is 3.97. The summed E-state index contributed by atoms with van der Waals surface area (Å²) in [5, 5.41) is -0.00130. The smallest absolute Gasteiger partial charge is 0.306 e. The maximum atomic E-state index is 11.5. The van der Waals surface area contributed by atoms with E-state index in [2.05, 4.69) is 0 Å². The van der Waals surface area contributed by atoms with Crippen LogP contribution in [0.25, 0.3) is 0 Å². The molecule has 0 N–H and O–H groups in total. The van der Waals surface area contributed by atoms with Crippen LogP contribution in [0.5, 0.6) is 0 Å². The Balaban J connectivity index is 2.18. The van der Waals surface area contributed by atoms with Gasteiger partial charge in [0, 0.05) is 10.5 Å². The molecule has 0 saturated carbocycles. The van der Waals surface area contributed by atoms with Gasteiger partial charge in [0.15, 0.2) is 0 Å². The molecule has 9 heteroatoms. The molecule has 1 aromatic rings. The van der Waals surface area contributed by atoms with Gasteiger partial charge in [-0.2, -0.15) is 0 Å². The molecule has 20 heavy (non-hydrogen) atoms. The molecule has 0 radical (unpaired) electrons. The molecule has 0 fully saturated rings. The van der Waals surface area contributed by atoms with E-state index in [1.807, 2.05) is 0 Å². The molecule has 2 heterocycles. The van der Waals surface area contributed by atoms with Crippen molar-refractivity contribution in [3.8, 4) is 0 Å². The Kier molecular flexibility index (Phi) is 5.91. The summed E-state index contributed by atoms with van der Waals surface area (Å²) >= 11 is 11.6. The fourth-order valence-corrected chi connectivity index (χ4v) is 8.65. The lowest BCUT2D eigenvalue weighted by Gasteiger charge is -2.28. The average Bonchev–Trinajstić information content (AvgIpc) is 2.77. The van der Waals surface area contributed by atoms with Crippen LogP contribution >= 0.6 is 58.4 Å². The number of rotatable bonds is 4. The Labute approximate surface area is 138 Å². The third-order valence-electron chi connectivity index (χ3n) is 2.64. The quantitative estimate of drug-likeness (QED) is 0.594. The van der Waals surface area contributed by atoms with Gasteiger partial charge in [-0.15, -0.1) is 46.2 Å². The lowest BCUT2D eigenvalue weighted by atomic mass is 10.2. The van der Waals surface area contributed by atoms with Crippen LogP contribution < -0.4 is 0 Å². The van der Waals surface area contributed by atoms with Crippen LogP contribution in [0.2, 0.25) is 0 Å². The largest absolute Gasteiger partial charge is 0.469 e. The van der Waals surface area contributed by atoms with E-state index in [1.54, 1.807) is 46.2 Å². The first-order chi connectivity index (χ1) is 9.53. The molecule has 110 valence electrons. The highest BCUT2D eigenvalue weighted by Crippen LogP contribution is 2.52. The van der Waals surface area contributed by atoms with Gasteiger partial charge in [-0.1, -0.05) is 12.2 Å². The fourth-order valence-electron chi connectivity index (χ4n) is 1.67. The van der Waals surface area contributed by atoms with Gasteiger partial charge < -0.3 is 9.47 Å². The second-order valence-electron chi connectivity index (χ2n) is 3.90. The van der Waals surface area contributed by atoms with Crippen molar-refractivity contribution in [2.45, 2.75) is 31.8 Å². The second-order valence-corrected chi connectivity index (χ2v) is 10.1. The summed E-state index contributed by atoms with van der Waals surface area (Å²) in [6, 6.07) is 0. The molecule has 0 aliphatic carbocycles. The zero-order chi connectivity index (χ0) is 14.7. The van der Waals surface area contributed by atoms with Crippen molar-refractivity contribution in [3.63, 3.8) is 0 Å². The van der Waals surface area contributed by atoms with Gasteiger partial charge in [0.1, 0.15) is 3.14 Å². The molecule has 1 aliphatic heterocycles. The summed E-state index contributed by atoms with van der Waals surface area (Å²) in [5.74, 6) is -0.527. The number of hydrogen-bond donors (Lipinski definition) is 0. The number of carbonyl (C=O) groups is 2. The summed E-state index contributed by atoms with van der Waals surface area (Å²) in [4.78, 5) is 23.0. The minimum atomic E-state index is -0.264. The van der Waals surface area contributed by atoms with E-state index in [4.69, 9.17) is 21.7 Å². The molecular weight excluding hydrogens is 356 g/mol. The Bertz CT molecular complexity index is 517. The van der Waals surface area contributed by atoms with Crippen molar-refractivity contribution in [2.24, 2.45) is 0 Å². The van der Waals surface area contributed by atoms with E-state index in [1.165, 1.54) is 14.2 Å². The fraction of sp³-hybridized carbons (Fsp3) is 0.545. The average molecular weight is 369 g/mol. The van der Waals surface area contributed by atoms with Crippen LogP contribution in [-0.4, -0.2) is 36.7 Å². The topological polar surface area (TPSA) is 52.6 Å². The van der Waals surface area contributed by atoms with Crippen molar-refractivity contribution in [3.05, 3.63) is 3.14 Å². The number of thioether (sulfide) groups is 2. The Hall–Kier alpha value is -0.0900. The summed E-state index contributed by atoms with van der Waals surface area (Å²) in [7, 11) is 2.75. The number of hydrogen-bond acceptors (Lipinski definition) is 9.